The second-order valence-electron chi connectivity index (χ2n) is 5.87. The Bertz CT molecular complexity index is 366. The summed E-state index contributed by atoms with van der Waals surface area (Å²) in [5, 5.41) is 3.59. The molecule has 0 saturated carbocycles. The van der Waals surface area contributed by atoms with E-state index in [1.165, 1.54) is 0 Å². The zero-order chi connectivity index (χ0) is 16.5. The first kappa shape index (κ1) is 20.9. The maximum atomic E-state index is 11.7. The van der Waals surface area contributed by atoms with Gasteiger partial charge in [-0.1, -0.05) is 34.6 Å². The van der Waals surface area contributed by atoms with Crippen LogP contribution in [0.1, 0.15) is 60.8 Å². The highest BCUT2D eigenvalue weighted by molar-refractivity contribution is 7.91. The van der Waals surface area contributed by atoms with Crippen LogP contribution in [0.3, 0.4) is 0 Å². The predicted molar refractivity (Wildman–Crippen MR) is 92.6 cm³/mol. The van der Waals surface area contributed by atoms with Crippen LogP contribution in [0, 0.1) is 0 Å². The maximum absolute atomic E-state index is 11.7. The highest BCUT2D eigenvalue weighted by Crippen LogP contribution is 2.26. The van der Waals surface area contributed by atoms with Gasteiger partial charge in [-0.25, -0.2) is 8.42 Å². The summed E-state index contributed by atoms with van der Waals surface area (Å²) in [5.41, 5.74) is 0.0789. The van der Waals surface area contributed by atoms with Gasteiger partial charge in [-0.3, -0.25) is 4.90 Å². The molecule has 0 spiro atoms. The molecule has 21 heavy (non-hydrogen) atoms. The standard InChI is InChI=1S/C16H36N2O2S/c1-7-16(6,18(9-3)10-4)15(17-8-2)13-12-14-21(19,20)11-5/h15,17H,7-14H2,1-6H3. The molecular weight excluding hydrogens is 284 g/mol. The Morgan fingerprint density at radius 3 is 2.05 bits per heavy atom. The van der Waals surface area contributed by atoms with Crippen molar-refractivity contribution in [3.63, 3.8) is 0 Å². The van der Waals surface area contributed by atoms with Crippen molar-refractivity contribution in [2.24, 2.45) is 0 Å². The quantitative estimate of drug-likeness (QED) is 0.601. The highest BCUT2D eigenvalue weighted by atomic mass is 32.2. The SMILES string of the molecule is CCNC(CCCS(=O)(=O)CC)C(C)(CC)N(CC)CC. The number of hydrogen-bond donors (Lipinski definition) is 1. The smallest absolute Gasteiger partial charge is 0.150 e. The van der Waals surface area contributed by atoms with Crippen molar-refractivity contribution in [3.05, 3.63) is 0 Å². The van der Waals surface area contributed by atoms with Gasteiger partial charge in [0, 0.05) is 17.3 Å². The lowest BCUT2D eigenvalue weighted by Crippen LogP contribution is -2.59. The van der Waals surface area contributed by atoms with Crippen molar-refractivity contribution in [2.45, 2.75) is 72.4 Å². The molecule has 1 N–H and O–H groups in total. The predicted octanol–water partition coefficient (Wildman–Crippen LogP) is 2.69. The van der Waals surface area contributed by atoms with Crippen LogP contribution in [-0.2, 0) is 9.84 Å². The molecule has 0 aromatic heterocycles. The van der Waals surface area contributed by atoms with Gasteiger partial charge in [0.2, 0.25) is 0 Å². The molecule has 0 aromatic carbocycles. The van der Waals surface area contributed by atoms with Crippen LogP contribution < -0.4 is 5.32 Å². The fourth-order valence-corrected chi connectivity index (χ4v) is 4.06. The van der Waals surface area contributed by atoms with Gasteiger partial charge in [0.25, 0.3) is 0 Å². The number of sulfone groups is 1. The Hall–Kier alpha value is -0.130. The summed E-state index contributed by atoms with van der Waals surface area (Å²) in [4.78, 5) is 2.49. The third-order valence-corrected chi connectivity index (χ3v) is 6.58. The van der Waals surface area contributed by atoms with Crippen molar-refractivity contribution < 1.29 is 8.42 Å². The van der Waals surface area contributed by atoms with Crippen LogP contribution in [0.15, 0.2) is 0 Å². The van der Waals surface area contributed by atoms with E-state index in [-0.39, 0.29) is 11.3 Å². The van der Waals surface area contributed by atoms with Gasteiger partial charge < -0.3 is 5.32 Å². The molecule has 0 aliphatic heterocycles. The highest BCUT2D eigenvalue weighted by Gasteiger charge is 2.36. The summed E-state index contributed by atoms with van der Waals surface area (Å²) < 4.78 is 23.3. The molecule has 4 nitrogen and oxygen atoms in total. The van der Waals surface area contributed by atoms with Crippen molar-refractivity contribution in [1.82, 2.24) is 10.2 Å². The Kier molecular flexibility index (Phi) is 9.74. The van der Waals surface area contributed by atoms with Crippen LogP contribution >= 0.6 is 0 Å². The lowest BCUT2D eigenvalue weighted by atomic mass is 9.84. The van der Waals surface area contributed by atoms with Crippen molar-refractivity contribution >= 4 is 9.84 Å². The van der Waals surface area contributed by atoms with E-state index in [0.29, 0.717) is 11.8 Å². The van der Waals surface area contributed by atoms with Crippen molar-refractivity contribution in [3.8, 4) is 0 Å². The van der Waals surface area contributed by atoms with E-state index < -0.39 is 9.84 Å². The molecule has 0 amide bonds. The second kappa shape index (κ2) is 9.80. The van der Waals surface area contributed by atoms with Gasteiger partial charge in [0.05, 0.1) is 5.75 Å². The fourth-order valence-electron chi connectivity index (χ4n) is 3.17. The lowest BCUT2D eigenvalue weighted by Gasteiger charge is -2.46. The minimum absolute atomic E-state index is 0.0789. The monoisotopic (exact) mass is 320 g/mol. The van der Waals surface area contributed by atoms with Gasteiger partial charge in [0.1, 0.15) is 9.84 Å². The molecular formula is C16H36N2O2S. The summed E-state index contributed by atoms with van der Waals surface area (Å²) in [7, 11) is -2.86. The van der Waals surface area contributed by atoms with E-state index in [1.54, 1.807) is 6.92 Å². The molecule has 128 valence electrons. The zero-order valence-electron chi connectivity index (χ0n) is 14.9. The van der Waals surface area contributed by atoms with Gasteiger partial charge >= 0.3 is 0 Å². The summed E-state index contributed by atoms with van der Waals surface area (Å²) in [6, 6.07) is 0.333. The molecule has 2 unspecified atom stereocenters. The van der Waals surface area contributed by atoms with E-state index in [0.717, 1.165) is 38.9 Å². The number of rotatable bonds is 12. The molecule has 0 aromatic rings. The molecule has 5 heteroatoms. The molecule has 0 fully saturated rings. The normalized spacial score (nSPS) is 16.9. The zero-order valence-corrected chi connectivity index (χ0v) is 15.7. The van der Waals surface area contributed by atoms with Gasteiger partial charge in [0.15, 0.2) is 0 Å². The minimum atomic E-state index is -2.86. The first-order valence-electron chi connectivity index (χ1n) is 8.49. The van der Waals surface area contributed by atoms with Crippen molar-refractivity contribution in [2.75, 3.05) is 31.1 Å². The summed E-state index contributed by atoms with van der Waals surface area (Å²) in [6.07, 6.45) is 2.71. The molecule has 0 radical (unpaired) electrons. The molecule has 0 heterocycles. The number of nitrogens with one attached hydrogen (secondary N) is 1. The van der Waals surface area contributed by atoms with Crippen LogP contribution in [0.5, 0.6) is 0 Å². The van der Waals surface area contributed by atoms with Crippen LogP contribution in [0.2, 0.25) is 0 Å². The van der Waals surface area contributed by atoms with Crippen LogP contribution in [0.4, 0.5) is 0 Å². The number of nitrogens with zero attached hydrogens (tertiary/aromatic N) is 1. The maximum Gasteiger partial charge on any atom is 0.150 e. The molecule has 0 bridgehead atoms. The lowest BCUT2D eigenvalue weighted by molar-refractivity contribution is 0.0671. The Morgan fingerprint density at radius 1 is 1.10 bits per heavy atom. The largest absolute Gasteiger partial charge is 0.312 e. The summed E-state index contributed by atoms with van der Waals surface area (Å²) in [5.74, 6) is 0.559. The third kappa shape index (κ3) is 6.25. The molecule has 0 rings (SSSR count). The first-order chi connectivity index (χ1) is 9.81. The molecule has 0 aliphatic carbocycles. The molecule has 0 saturated heterocycles. The van der Waals surface area contributed by atoms with E-state index >= 15 is 0 Å². The summed E-state index contributed by atoms with van der Waals surface area (Å²) >= 11 is 0. The van der Waals surface area contributed by atoms with E-state index in [9.17, 15) is 8.42 Å². The fraction of sp³-hybridized carbons (Fsp3) is 1.00. The Labute approximate surface area is 132 Å². The van der Waals surface area contributed by atoms with Crippen LogP contribution in [0.25, 0.3) is 0 Å². The second-order valence-corrected chi connectivity index (χ2v) is 8.34. The average molecular weight is 321 g/mol. The third-order valence-electron chi connectivity index (χ3n) is 4.79. The van der Waals surface area contributed by atoms with Crippen LogP contribution in [-0.4, -0.2) is 56.0 Å². The van der Waals surface area contributed by atoms with E-state index in [4.69, 9.17) is 0 Å². The first-order valence-corrected chi connectivity index (χ1v) is 10.3. The Morgan fingerprint density at radius 2 is 1.67 bits per heavy atom. The average Bonchev–Trinajstić information content (AvgIpc) is 2.47. The minimum Gasteiger partial charge on any atom is -0.312 e. The van der Waals surface area contributed by atoms with Gasteiger partial charge in [-0.15, -0.1) is 0 Å². The van der Waals surface area contributed by atoms with E-state index in [1.807, 2.05) is 0 Å². The van der Waals surface area contributed by atoms with Crippen molar-refractivity contribution in [1.29, 1.82) is 0 Å². The molecule has 2 atom stereocenters. The van der Waals surface area contributed by atoms with Gasteiger partial charge in [-0.05, 0) is 45.8 Å². The van der Waals surface area contributed by atoms with E-state index in [2.05, 4.69) is 44.8 Å². The number of hydrogen-bond acceptors (Lipinski definition) is 4. The topological polar surface area (TPSA) is 49.4 Å². The Balaban J connectivity index is 4.92. The number of likely N-dealkylation sites (N-methyl/N-ethyl adjacent to an activating group) is 2. The summed E-state index contributed by atoms with van der Waals surface area (Å²) in [6.45, 7) is 15.7. The van der Waals surface area contributed by atoms with Gasteiger partial charge in [-0.2, -0.15) is 0 Å². The molecule has 0 aliphatic rings.